The van der Waals surface area contributed by atoms with E-state index in [1.165, 1.54) is 21.8 Å². The average Bonchev–Trinajstić information content (AvgIpc) is 3.20. The van der Waals surface area contributed by atoms with Crippen LogP contribution in [0.15, 0.2) is 103 Å². The van der Waals surface area contributed by atoms with Crippen LogP contribution in [0.1, 0.15) is 6.92 Å². The summed E-state index contributed by atoms with van der Waals surface area (Å²) in [6.07, 6.45) is 1.95. The van der Waals surface area contributed by atoms with E-state index in [0.29, 0.717) is 12.5 Å². The number of benzene rings is 4. The Balaban J connectivity index is 1.76. The molecule has 3 nitrogen and oxygen atoms in total. The van der Waals surface area contributed by atoms with Gasteiger partial charge in [-0.15, -0.1) is 0 Å². The number of pyridine rings is 1. The highest BCUT2D eigenvalue weighted by Gasteiger charge is 2.18. The van der Waals surface area contributed by atoms with Gasteiger partial charge in [-0.2, -0.15) is 0 Å². The molecule has 6 rings (SSSR count). The summed E-state index contributed by atoms with van der Waals surface area (Å²) in [6, 6.07) is 34.1. The van der Waals surface area contributed by atoms with Crippen molar-refractivity contribution in [3.63, 3.8) is 0 Å². The molecule has 3 heteroatoms. The van der Waals surface area contributed by atoms with Gasteiger partial charge in [-0.3, -0.25) is 0 Å². The SMILES string of the molecule is CCOc1ncc(-c2cccc3c4ccccc4n(-c4ccccc4)c23)c2ccccc12. The molecule has 0 saturated carbocycles. The van der Waals surface area contributed by atoms with Crippen molar-refractivity contribution in [2.75, 3.05) is 6.61 Å². The third-order valence-corrected chi connectivity index (χ3v) is 6.04. The molecular weight excluding hydrogens is 392 g/mol. The maximum Gasteiger partial charge on any atom is 0.221 e. The van der Waals surface area contributed by atoms with Crippen molar-refractivity contribution in [3.05, 3.63) is 103 Å². The maximum absolute atomic E-state index is 5.82. The van der Waals surface area contributed by atoms with Crippen LogP contribution in [0.2, 0.25) is 0 Å². The zero-order valence-electron chi connectivity index (χ0n) is 17.8. The van der Waals surface area contributed by atoms with E-state index in [2.05, 4.69) is 95.6 Å². The van der Waals surface area contributed by atoms with Crippen molar-refractivity contribution < 1.29 is 4.74 Å². The number of para-hydroxylation sites is 3. The molecule has 0 atom stereocenters. The first-order valence-electron chi connectivity index (χ1n) is 11.0. The predicted octanol–water partition coefficient (Wildman–Crippen LogP) is 7.40. The monoisotopic (exact) mass is 414 g/mol. The second kappa shape index (κ2) is 7.54. The minimum atomic E-state index is 0.591. The zero-order valence-corrected chi connectivity index (χ0v) is 17.8. The molecule has 0 radical (unpaired) electrons. The molecule has 6 aromatic rings. The number of aromatic nitrogens is 2. The second-order valence-corrected chi connectivity index (χ2v) is 7.85. The molecule has 0 aliphatic carbocycles. The van der Waals surface area contributed by atoms with Gasteiger partial charge in [0.2, 0.25) is 5.88 Å². The molecule has 0 amide bonds. The predicted molar refractivity (Wildman–Crippen MR) is 133 cm³/mol. The lowest BCUT2D eigenvalue weighted by Gasteiger charge is -2.14. The highest BCUT2D eigenvalue weighted by molar-refractivity contribution is 6.15. The zero-order chi connectivity index (χ0) is 21.5. The van der Waals surface area contributed by atoms with Crippen LogP contribution >= 0.6 is 0 Å². The summed E-state index contributed by atoms with van der Waals surface area (Å²) in [5.41, 5.74) is 5.80. The molecule has 4 aromatic carbocycles. The highest BCUT2D eigenvalue weighted by Crippen LogP contribution is 2.40. The molecule has 0 N–H and O–H groups in total. The summed E-state index contributed by atoms with van der Waals surface area (Å²) < 4.78 is 8.19. The fourth-order valence-corrected chi connectivity index (χ4v) is 4.71. The van der Waals surface area contributed by atoms with E-state index in [4.69, 9.17) is 9.72 Å². The van der Waals surface area contributed by atoms with Crippen molar-refractivity contribution in [1.82, 2.24) is 9.55 Å². The minimum absolute atomic E-state index is 0.591. The fraction of sp³-hybridized carbons (Fsp3) is 0.0690. The van der Waals surface area contributed by atoms with Crippen LogP contribution in [-0.4, -0.2) is 16.2 Å². The Morgan fingerprint density at radius 1 is 0.656 bits per heavy atom. The first-order valence-corrected chi connectivity index (χ1v) is 11.0. The summed E-state index contributed by atoms with van der Waals surface area (Å²) in [5, 5.41) is 4.66. The normalized spacial score (nSPS) is 11.4. The summed E-state index contributed by atoms with van der Waals surface area (Å²) in [4.78, 5) is 4.70. The molecule has 0 fully saturated rings. The van der Waals surface area contributed by atoms with E-state index in [9.17, 15) is 0 Å². The van der Waals surface area contributed by atoms with Crippen LogP contribution in [-0.2, 0) is 0 Å². The van der Waals surface area contributed by atoms with Crippen molar-refractivity contribution in [3.8, 4) is 22.7 Å². The van der Waals surface area contributed by atoms with E-state index < -0.39 is 0 Å². The quantitative estimate of drug-likeness (QED) is 0.300. The Morgan fingerprint density at radius 2 is 1.34 bits per heavy atom. The van der Waals surface area contributed by atoms with Crippen LogP contribution in [0, 0.1) is 0 Å². The topological polar surface area (TPSA) is 27.1 Å². The third-order valence-electron chi connectivity index (χ3n) is 6.04. The number of nitrogens with zero attached hydrogens (tertiary/aromatic N) is 2. The molecule has 0 saturated heterocycles. The molecule has 0 aliphatic heterocycles. The second-order valence-electron chi connectivity index (χ2n) is 7.85. The molecule has 154 valence electrons. The van der Waals surface area contributed by atoms with E-state index >= 15 is 0 Å². The van der Waals surface area contributed by atoms with Gasteiger partial charge in [0.15, 0.2) is 0 Å². The van der Waals surface area contributed by atoms with Gasteiger partial charge in [-0.05, 0) is 36.6 Å². The Kier molecular flexibility index (Phi) is 4.39. The van der Waals surface area contributed by atoms with Crippen LogP contribution in [0.25, 0.3) is 49.4 Å². The first-order chi connectivity index (χ1) is 15.9. The van der Waals surface area contributed by atoms with Crippen LogP contribution in [0.4, 0.5) is 0 Å². The van der Waals surface area contributed by atoms with E-state index in [-0.39, 0.29) is 0 Å². The Labute approximate surface area is 186 Å². The number of ether oxygens (including phenoxy) is 1. The van der Waals surface area contributed by atoms with Gasteiger partial charge in [0.1, 0.15) is 0 Å². The lowest BCUT2D eigenvalue weighted by atomic mass is 9.98. The summed E-state index contributed by atoms with van der Waals surface area (Å²) in [6.45, 7) is 2.58. The lowest BCUT2D eigenvalue weighted by molar-refractivity contribution is 0.331. The highest BCUT2D eigenvalue weighted by atomic mass is 16.5. The largest absolute Gasteiger partial charge is 0.478 e. The van der Waals surface area contributed by atoms with E-state index in [1.54, 1.807) is 0 Å². The van der Waals surface area contributed by atoms with Gasteiger partial charge in [0, 0.05) is 39.2 Å². The average molecular weight is 415 g/mol. The molecule has 0 aliphatic rings. The molecule has 32 heavy (non-hydrogen) atoms. The first kappa shape index (κ1) is 18.6. The fourth-order valence-electron chi connectivity index (χ4n) is 4.71. The van der Waals surface area contributed by atoms with Crippen molar-refractivity contribution in [2.24, 2.45) is 0 Å². The van der Waals surface area contributed by atoms with Gasteiger partial charge in [-0.1, -0.05) is 72.8 Å². The molecule has 2 heterocycles. The van der Waals surface area contributed by atoms with Crippen LogP contribution in [0.3, 0.4) is 0 Å². The van der Waals surface area contributed by atoms with Crippen LogP contribution < -0.4 is 4.74 Å². The molecule has 0 bridgehead atoms. The standard InChI is InChI=1S/C29H22N2O/c1-2-32-29-25-15-7-6-13-21(25)26(19-30-29)24-17-10-16-23-22-14-8-9-18-27(22)31(28(23)24)20-11-4-3-5-12-20/h3-19H,2H2,1H3. The smallest absolute Gasteiger partial charge is 0.221 e. The molecule has 0 spiro atoms. The lowest BCUT2D eigenvalue weighted by Crippen LogP contribution is -1.98. The maximum atomic E-state index is 5.82. The Morgan fingerprint density at radius 3 is 2.16 bits per heavy atom. The summed E-state index contributed by atoms with van der Waals surface area (Å²) in [7, 11) is 0. The Bertz CT molecular complexity index is 1580. The van der Waals surface area contributed by atoms with Gasteiger partial charge >= 0.3 is 0 Å². The minimum Gasteiger partial charge on any atom is -0.478 e. The third kappa shape index (κ3) is 2.78. The Hall–Kier alpha value is -4.11. The van der Waals surface area contributed by atoms with Crippen molar-refractivity contribution >= 4 is 32.6 Å². The summed E-state index contributed by atoms with van der Waals surface area (Å²) in [5.74, 6) is 0.683. The van der Waals surface area contributed by atoms with E-state index in [1.807, 2.05) is 19.2 Å². The number of fused-ring (bicyclic) bond motifs is 4. The number of hydrogen-bond donors (Lipinski definition) is 0. The number of hydrogen-bond acceptors (Lipinski definition) is 2. The molecule has 2 aromatic heterocycles. The van der Waals surface area contributed by atoms with Crippen molar-refractivity contribution in [2.45, 2.75) is 6.92 Å². The van der Waals surface area contributed by atoms with Gasteiger partial charge < -0.3 is 9.30 Å². The van der Waals surface area contributed by atoms with Crippen LogP contribution in [0.5, 0.6) is 5.88 Å². The summed E-state index contributed by atoms with van der Waals surface area (Å²) >= 11 is 0. The van der Waals surface area contributed by atoms with Crippen molar-refractivity contribution in [1.29, 1.82) is 0 Å². The van der Waals surface area contributed by atoms with Gasteiger partial charge in [0.05, 0.1) is 17.6 Å². The number of rotatable bonds is 4. The van der Waals surface area contributed by atoms with Gasteiger partial charge in [0.25, 0.3) is 0 Å². The van der Waals surface area contributed by atoms with E-state index in [0.717, 1.165) is 27.6 Å². The van der Waals surface area contributed by atoms with Gasteiger partial charge in [-0.25, -0.2) is 4.98 Å². The molecular formula is C29H22N2O. The molecule has 0 unspecified atom stereocenters.